The highest BCUT2D eigenvalue weighted by atomic mass is 16.3. The molecule has 80 valence electrons. The molecular weight excluding hydrogens is 182 g/mol. The molecule has 1 aliphatic heterocycles. The lowest BCUT2D eigenvalue weighted by Crippen LogP contribution is -2.49. The maximum absolute atomic E-state index is 11.6. The van der Waals surface area contributed by atoms with Gasteiger partial charge in [-0.25, -0.2) is 4.79 Å². The minimum absolute atomic E-state index is 0.0692. The van der Waals surface area contributed by atoms with E-state index in [0.29, 0.717) is 19.1 Å². The van der Waals surface area contributed by atoms with Crippen molar-refractivity contribution < 1.29 is 9.90 Å². The Bertz CT molecular complexity index is 230. The predicted octanol–water partition coefficient (Wildman–Crippen LogP) is -0.877. The molecule has 0 unspecified atom stereocenters. The Morgan fingerprint density at radius 2 is 2.21 bits per heavy atom. The van der Waals surface area contributed by atoms with Crippen molar-refractivity contribution in [2.24, 2.45) is 0 Å². The zero-order valence-electron chi connectivity index (χ0n) is 8.36. The highest BCUT2D eigenvalue weighted by Gasteiger charge is 2.33. The van der Waals surface area contributed by atoms with E-state index in [1.807, 2.05) is 0 Å². The molecule has 5 nitrogen and oxygen atoms in total. The summed E-state index contributed by atoms with van der Waals surface area (Å²) in [6.07, 6.45) is 1.74. The van der Waals surface area contributed by atoms with E-state index < -0.39 is 6.10 Å². The first-order valence-electron chi connectivity index (χ1n) is 5.10. The lowest BCUT2D eigenvalue weighted by atomic mass is 10.2. The van der Waals surface area contributed by atoms with Crippen LogP contribution in [0.5, 0.6) is 0 Å². The maximum Gasteiger partial charge on any atom is 0.317 e. The van der Waals surface area contributed by atoms with E-state index in [2.05, 4.69) is 10.6 Å². The van der Waals surface area contributed by atoms with Crippen molar-refractivity contribution in [1.29, 1.82) is 0 Å². The maximum atomic E-state index is 11.6. The van der Waals surface area contributed by atoms with Crippen molar-refractivity contribution in [2.45, 2.75) is 31.0 Å². The Morgan fingerprint density at radius 1 is 1.50 bits per heavy atom. The van der Waals surface area contributed by atoms with Gasteiger partial charge in [0.1, 0.15) is 0 Å². The van der Waals surface area contributed by atoms with E-state index in [1.165, 1.54) is 0 Å². The third-order valence-electron chi connectivity index (χ3n) is 2.87. The number of amides is 2. The smallest absolute Gasteiger partial charge is 0.317 e. The topological polar surface area (TPSA) is 64.6 Å². The number of carbonyl (C=O) groups excluding carboxylic acids is 1. The van der Waals surface area contributed by atoms with Gasteiger partial charge >= 0.3 is 6.03 Å². The molecule has 2 amide bonds. The molecule has 0 bridgehead atoms. The number of urea groups is 1. The van der Waals surface area contributed by atoms with Gasteiger partial charge < -0.3 is 20.6 Å². The molecule has 5 heteroatoms. The summed E-state index contributed by atoms with van der Waals surface area (Å²) in [5.41, 5.74) is 0. The first kappa shape index (κ1) is 9.73. The molecule has 2 fully saturated rings. The van der Waals surface area contributed by atoms with Crippen LogP contribution >= 0.6 is 0 Å². The number of β-amino-alcohol motifs (C(OH)–C–C–N with tert-alkyl or cyclic N) is 1. The predicted molar refractivity (Wildman–Crippen MR) is 52.0 cm³/mol. The second-order valence-corrected chi connectivity index (χ2v) is 4.13. The highest BCUT2D eigenvalue weighted by Crippen LogP contribution is 2.19. The van der Waals surface area contributed by atoms with Crippen molar-refractivity contribution >= 4 is 6.03 Å². The van der Waals surface area contributed by atoms with Gasteiger partial charge in [-0.2, -0.15) is 0 Å². The second-order valence-electron chi connectivity index (χ2n) is 4.13. The Balaban J connectivity index is 1.85. The molecule has 0 aromatic heterocycles. The number of aliphatic hydroxyl groups is 1. The molecule has 1 aliphatic carbocycles. The van der Waals surface area contributed by atoms with Crippen LogP contribution in [-0.4, -0.2) is 54.4 Å². The molecule has 1 saturated carbocycles. The quantitative estimate of drug-likeness (QED) is 0.541. The van der Waals surface area contributed by atoms with E-state index in [0.717, 1.165) is 12.8 Å². The van der Waals surface area contributed by atoms with Crippen LogP contribution in [0.15, 0.2) is 0 Å². The van der Waals surface area contributed by atoms with E-state index >= 15 is 0 Å². The molecule has 2 aliphatic rings. The largest absolute Gasteiger partial charge is 0.390 e. The number of hydrogen-bond acceptors (Lipinski definition) is 3. The van der Waals surface area contributed by atoms with Crippen LogP contribution in [0.1, 0.15) is 12.8 Å². The van der Waals surface area contributed by atoms with Gasteiger partial charge in [0.15, 0.2) is 0 Å². The number of rotatable bonds is 2. The summed E-state index contributed by atoms with van der Waals surface area (Å²) in [6.45, 7) is 1.25. The normalized spacial score (nSPS) is 31.6. The molecule has 0 radical (unpaired) electrons. The van der Waals surface area contributed by atoms with Crippen molar-refractivity contribution in [3.63, 3.8) is 0 Å². The lowest BCUT2D eigenvalue weighted by molar-refractivity contribution is 0.110. The number of hydrogen-bond donors (Lipinski definition) is 3. The number of nitrogens with one attached hydrogen (secondary N) is 2. The fraction of sp³-hybridized carbons (Fsp3) is 0.889. The molecule has 1 heterocycles. The first-order valence-corrected chi connectivity index (χ1v) is 5.10. The highest BCUT2D eigenvalue weighted by molar-refractivity contribution is 5.75. The van der Waals surface area contributed by atoms with Crippen molar-refractivity contribution in [1.82, 2.24) is 15.5 Å². The van der Waals surface area contributed by atoms with Crippen molar-refractivity contribution in [3.8, 4) is 0 Å². The third kappa shape index (κ3) is 1.99. The van der Waals surface area contributed by atoms with Crippen LogP contribution in [0.25, 0.3) is 0 Å². The van der Waals surface area contributed by atoms with Crippen LogP contribution < -0.4 is 10.6 Å². The Hall–Kier alpha value is -0.810. The average molecular weight is 199 g/mol. The average Bonchev–Trinajstić information content (AvgIpc) is 2.86. The van der Waals surface area contributed by atoms with Gasteiger partial charge in [0, 0.05) is 26.2 Å². The summed E-state index contributed by atoms with van der Waals surface area (Å²) in [4.78, 5) is 13.2. The van der Waals surface area contributed by atoms with E-state index in [9.17, 15) is 9.90 Å². The van der Waals surface area contributed by atoms with Crippen LogP contribution in [0.2, 0.25) is 0 Å². The van der Waals surface area contributed by atoms with Gasteiger partial charge in [0.2, 0.25) is 0 Å². The summed E-state index contributed by atoms with van der Waals surface area (Å²) in [5.74, 6) is 0. The Labute approximate surface area is 83.5 Å². The Kier molecular flexibility index (Phi) is 2.60. The minimum atomic E-state index is -0.440. The first-order chi connectivity index (χ1) is 6.68. The van der Waals surface area contributed by atoms with E-state index in [4.69, 9.17) is 0 Å². The monoisotopic (exact) mass is 199 g/mol. The van der Waals surface area contributed by atoms with E-state index in [1.54, 1.807) is 11.9 Å². The Morgan fingerprint density at radius 3 is 2.71 bits per heavy atom. The van der Waals surface area contributed by atoms with Gasteiger partial charge in [-0.3, -0.25) is 0 Å². The van der Waals surface area contributed by atoms with Crippen LogP contribution in [0, 0.1) is 0 Å². The van der Waals surface area contributed by atoms with Crippen molar-refractivity contribution in [3.05, 3.63) is 0 Å². The van der Waals surface area contributed by atoms with Crippen LogP contribution in [0.4, 0.5) is 4.79 Å². The molecule has 3 N–H and O–H groups in total. The number of likely N-dealkylation sites (N-methyl/N-ethyl adjacent to an activating group) is 1. The molecule has 0 spiro atoms. The standard InChI is InChI=1S/C9H17N3O2/c1-12(7-4-10-5-8(7)13)9(14)11-6-2-3-6/h6-8,10,13H,2-5H2,1H3,(H,11,14)/t7-,8-/m0/s1. The SMILES string of the molecule is CN(C(=O)NC1CC1)[C@H]1CNC[C@@H]1O. The number of aliphatic hydroxyl groups excluding tert-OH is 1. The van der Waals surface area contributed by atoms with Gasteiger partial charge in [-0.15, -0.1) is 0 Å². The summed E-state index contributed by atoms with van der Waals surface area (Å²) in [5, 5.41) is 15.5. The summed E-state index contributed by atoms with van der Waals surface area (Å²) in [6, 6.07) is 0.213. The molecule has 0 aromatic rings. The van der Waals surface area contributed by atoms with Crippen molar-refractivity contribution in [2.75, 3.05) is 20.1 Å². The molecule has 0 aromatic carbocycles. The molecule has 14 heavy (non-hydrogen) atoms. The van der Waals surface area contributed by atoms with Crippen LogP contribution in [-0.2, 0) is 0 Å². The van der Waals surface area contributed by atoms with Gasteiger partial charge in [0.05, 0.1) is 12.1 Å². The number of nitrogens with zero attached hydrogens (tertiary/aromatic N) is 1. The zero-order chi connectivity index (χ0) is 10.1. The molecule has 2 rings (SSSR count). The van der Waals surface area contributed by atoms with Crippen LogP contribution in [0.3, 0.4) is 0 Å². The van der Waals surface area contributed by atoms with Gasteiger partial charge in [0.25, 0.3) is 0 Å². The fourth-order valence-electron chi connectivity index (χ4n) is 1.70. The third-order valence-corrected chi connectivity index (χ3v) is 2.87. The van der Waals surface area contributed by atoms with Gasteiger partial charge in [-0.1, -0.05) is 0 Å². The molecule has 1 saturated heterocycles. The zero-order valence-corrected chi connectivity index (χ0v) is 8.36. The second kappa shape index (κ2) is 3.74. The summed E-state index contributed by atoms with van der Waals surface area (Å²) in [7, 11) is 1.73. The van der Waals surface area contributed by atoms with E-state index in [-0.39, 0.29) is 12.1 Å². The molecule has 2 atom stereocenters. The molecular formula is C9H17N3O2. The van der Waals surface area contributed by atoms with Gasteiger partial charge in [-0.05, 0) is 12.8 Å². The minimum Gasteiger partial charge on any atom is -0.390 e. The number of carbonyl (C=O) groups is 1. The fourth-order valence-corrected chi connectivity index (χ4v) is 1.70. The lowest BCUT2D eigenvalue weighted by Gasteiger charge is -2.26. The summed E-state index contributed by atoms with van der Waals surface area (Å²) >= 11 is 0. The summed E-state index contributed by atoms with van der Waals surface area (Å²) < 4.78 is 0.